The van der Waals surface area contributed by atoms with Crippen molar-refractivity contribution in [2.24, 2.45) is 0 Å². The van der Waals surface area contributed by atoms with E-state index in [0.717, 1.165) is 11.3 Å². The zero-order chi connectivity index (χ0) is 14.8. The van der Waals surface area contributed by atoms with Gasteiger partial charge in [-0.1, -0.05) is 18.2 Å². The summed E-state index contributed by atoms with van der Waals surface area (Å²) < 4.78 is 31.1. The van der Waals surface area contributed by atoms with Crippen LogP contribution >= 0.6 is 0 Å². The number of benzene rings is 1. The Balaban J connectivity index is 2.14. The van der Waals surface area contributed by atoms with E-state index in [0.29, 0.717) is 11.3 Å². The second-order valence-electron chi connectivity index (χ2n) is 4.71. The number of furan rings is 1. The Morgan fingerprint density at radius 2 is 1.90 bits per heavy atom. The van der Waals surface area contributed by atoms with Crippen molar-refractivity contribution in [1.29, 1.82) is 0 Å². The molecule has 0 saturated carbocycles. The summed E-state index contributed by atoms with van der Waals surface area (Å²) in [6.07, 6.45) is 1.56. The predicted molar refractivity (Wildman–Crippen MR) is 78.4 cm³/mol. The van der Waals surface area contributed by atoms with Crippen molar-refractivity contribution >= 4 is 15.7 Å². The molecule has 5 nitrogen and oxygen atoms in total. The van der Waals surface area contributed by atoms with Crippen LogP contribution in [0.15, 0.2) is 41.0 Å². The molecule has 0 spiro atoms. The van der Waals surface area contributed by atoms with Gasteiger partial charge < -0.3 is 10.2 Å². The third kappa shape index (κ3) is 3.20. The summed E-state index contributed by atoms with van der Waals surface area (Å²) in [6.45, 7) is 2.10. The Labute approximate surface area is 119 Å². The lowest BCUT2D eigenvalue weighted by molar-refractivity contribution is 0.458. The lowest BCUT2D eigenvalue weighted by Crippen LogP contribution is -2.28. The van der Waals surface area contributed by atoms with Crippen LogP contribution in [0.1, 0.15) is 16.9 Å². The van der Waals surface area contributed by atoms with E-state index < -0.39 is 10.0 Å². The highest BCUT2D eigenvalue weighted by atomic mass is 32.2. The number of nitrogens with two attached hydrogens (primary N) is 1. The number of hydrogen-bond acceptors (Lipinski definition) is 4. The monoisotopic (exact) mass is 294 g/mol. The van der Waals surface area contributed by atoms with Gasteiger partial charge in [-0.05, 0) is 24.6 Å². The molecule has 20 heavy (non-hydrogen) atoms. The van der Waals surface area contributed by atoms with E-state index in [2.05, 4.69) is 0 Å². The second-order valence-corrected chi connectivity index (χ2v) is 6.79. The Morgan fingerprint density at radius 1 is 1.20 bits per heavy atom. The standard InChI is InChI=1S/C14H18N2O3S/c1-11-12(7-8-19-11)9-16(2)20(17,18)10-13-5-3-4-6-14(13)15/h3-8H,9-10,15H2,1-2H3. The minimum Gasteiger partial charge on any atom is -0.469 e. The van der Waals surface area contributed by atoms with Crippen LogP contribution in [0.4, 0.5) is 5.69 Å². The maximum atomic E-state index is 12.3. The van der Waals surface area contributed by atoms with Gasteiger partial charge in [-0.3, -0.25) is 0 Å². The third-order valence-corrected chi connectivity index (χ3v) is 4.98. The molecule has 0 saturated heterocycles. The molecule has 0 amide bonds. The first kappa shape index (κ1) is 14.6. The van der Waals surface area contributed by atoms with E-state index in [1.165, 1.54) is 4.31 Å². The summed E-state index contributed by atoms with van der Waals surface area (Å²) in [5.41, 5.74) is 7.75. The summed E-state index contributed by atoms with van der Waals surface area (Å²) >= 11 is 0. The molecule has 0 aliphatic rings. The van der Waals surface area contributed by atoms with Crippen LogP contribution < -0.4 is 5.73 Å². The van der Waals surface area contributed by atoms with Crippen molar-refractivity contribution in [1.82, 2.24) is 4.31 Å². The molecule has 0 aliphatic carbocycles. The van der Waals surface area contributed by atoms with Gasteiger partial charge in [0.1, 0.15) is 5.76 Å². The molecule has 0 atom stereocenters. The van der Waals surface area contributed by atoms with E-state index >= 15 is 0 Å². The number of para-hydroxylation sites is 1. The minimum absolute atomic E-state index is 0.104. The van der Waals surface area contributed by atoms with E-state index in [-0.39, 0.29) is 12.3 Å². The van der Waals surface area contributed by atoms with Crippen LogP contribution in [-0.2, 0) is 22.3 Å². The normalized spacial score (nSPS) is 11.9. The van der Waals surface area contributed by atoms with Crippen molar-refractivity contribution in [3.63, 3.8) is 0 Å². The van der Waals surface area contributed by atoms with Crippen molar-refractivity contribution in [3.05, 3.63) is 53.5 Å². The largest absolute Gasteiger partial charge is 0.469 e. The molecule has 0 bridgehead atoms. The second kappa shape index (κ2) is 5.68. The molecule has 0 fully saturated rings. The van der Waals surface area contributed by atoms with Crippen molar-refractivity contribution < 1.29 is 12.8 Å². The Hall–Kier alpha value is -1.79. The summed E-state index contributed by atoms with van der Waals surface area (Å²) in [7, 11) is -1.86. The molecule has 2 N–H and O–H groups in total. The number of aryl methyl sites for hydroxylation is 1. The predicted octanol–water partition coefficient (Wildman–Crippen LogP) is 2.13. The first-order valence-corrected chi connectivity index (χ1v) is 7.81. The van der Waals surface area contributed by atoms with Crippen molar-refractivity contribution in [2.75, 3.05) is 12.8 Å². The molecule has 0 aliphatic heterocycles. The zero-order valence-corrected chi connectivity index (χ0v) is 12.4. The fourth-order valence-corrected chi connectivity index (χ4v) is 3.10. The van der Waals surface area contributed by atoms with Gasteiger partial charge in [0.2, 0.25) is 10.0 Å². The smallest absolute Gasteiger partial charge is 0.218 e. The Kier molecular flexibility index (Phi) is 4.15. The van der Waals surface area contributed by atoms with Gasteiger partial charge in [0.15, 0.2) is 0 Å². The first-order valence-electron chi connectivity index (χ1n) is 6.20. The van der Waals surface area contributed by atoms with E-state index in [4.69, 9.17) is 10.2 Å². The van der Waals surface area contributed by atoms with Gasteiger partial charge in [-0.2, -0.15) is 0 Å². The van der Waals surface area contributed by atoms with E-state index in [1.54, 1.807) is 43.6 Å². The fourth-order valence-electron chi connectivity index (χ4n) is 1.89. The van der Waals surface area contributed by atoms with Gasteiger partial charge in [-0.25, -0.2) is 12.7 Å². The van der Waals surface area contributed by atoms with Crippen LogP contribution in [0.2, 0.25) is 0 Å². The maximum Gasteiger partial charge on any atom is 0.218 e. The van der Waals surface area contributed by atoms with Crippen molar-refractivity contribution in [2.45, 2.75) is 19.2 Å². The zero-order valence-electron chi connectivity index (χ0n) is 11.5. The minimum atomic E-state index is -3.42. The average molecular weight is 294 g/mol. The third-order valence-electron chi connectivity index (χ3n) is 3.23. The number of nitrogens with zero attached hydrogens (tertiary/aromatic N) is 1. The van der Waals surface area contributed by atoms with Gasteiger partial charge in [0.05, 0.1) is 12.0 Å². The highest BCUT2D eigenvalue weighted by Crippen LogP contribution is 2.18. The maximum absolute atomic E-state index is 12.3. The van der Waals surface area contributed by atoms with Crippen LogP contribution in [-0.4, -0.2) is 19.8 Å². The molecule has 2 rings (SSSR count). The first-order chi connectivity index (χ1) is 9.40. The lowest BCUT2D eigenvalue weighted by atomic mass is 10.2. The van der Waals surface area contributed by atoms with Crippen molar-refractivity contribution in [3.8, 4) is 0 Å². The SMILES string of the molecule is Cc1occc1CN(C)S(=O)(=O)Cc1ccccc1N. The van der Waals surface area contributed by atoms with Gasteiger partial charge in [0, 0.05) is 24.8 Å². The topological polar surface area (TPSA) is 76.5 Å². The summed E-state index contributed by atoms with van der Waals surface area (Å²) in [4.78, 5) is 0. The number of nitrogen functional groups attached to an aromatic ring is 1. The van der Waals surface area contributed by atoms with Gasteiger partial charge in [-0.15, -0.1) is 0 Å². The summed E-state index contributed by atoms with van der Waals surface area (Å²) in [5, 5.41) is 0. The Morgan fingerprint density at radius 3 is 2.50 bits per heavy atom. The highest BCUT2D eigenvalue weighted by Gasteiger charge is 2.20. The number of anilines is 1. The molecule has 0 radical (unpaired) electrons. The average Bonchev–Trinajstić information content (AvgIpc) is 2.78. The molecule has 0 unspecified atom stereocenters. The molecule has 6 heteroatoms. The van der Waals surface area contributed by atoms with Gasteiger partial charge in [0.25, 0.3) is 0 Å². The molecular weight excluding hydrogens is 276 g/mol. The molecule has 1 aromatic carbocycles. The number of sulfonamides is 1. The highest BCUT2D eigenvalue weighted by molar-refractivity contribution is 7.88. The van der Waals surface area contributed by atoms with Crippen LogP contribution in [0.3, 0.4) is 0 Å². The van der Waals surface area contributed by atoms with Crippen LogP contribution in [0, 0.1) is 6.92 Å². The van der Waals surface area contributed by atoms with Gasteiger partial charge >= 0.3 is 0 Å². The van der Waals surface area contributed by atoms with E-state index in [9.17, 15) is 8.42 Å². The lowest BCUT2D eigenvalue weighted by Gasteiger charge is -2.17. The summed E-state index contributed by atoms with van der Waals surface area (Å²) in [6, 6.07) is 8.76. The number of rotatable bonds is 5. The quantitative estimate of drug-likeness (QED) is 0.857. The van der Waals surface area contributed by atoms with Crippen LogP contribution in [0.5, 0.6) is 0 Å². The van der Waals surface area contributed by atoms with Crippen LogP contribution in [0.25, 0.3) is 0 Å². The fraction of sp³-hybridized carbons (Fsp3) is 0.286. The number of hydrogen-bond donors (Lipinski definition) is 1. The van der Waals surface area contributed by atoms with E-state index in [1.807, 2.05) is 6.92 Å². The molecule has 108 valence electrons. The molecular formula is C14H18N2O3S. The molecule has 1 heterocycles. The molecule has 2 aromatic rings. The Bertz CT molecular complexity index is 692. The molecule has 1 aromatic heterocycles. The summed E-state index contributed by atoms with van der Waals surface area (Å²) in [5.74, 6) is 0.624.